The Morgan fingerprint density at radius 1 is 0.909 bits per heavy atom. The van der Waals surface area contributed by atoms with Crippen LogP contribution in [-0.4, -0.2) is 68.1 Å². The summed E-state index contributed by atoms with van der Waals surface area (Å²) in [5, 5.41) is 15.5. The van der Waals surface area contributed by atoms with Crippen LogP contribution in [0.15, 0.2) is 67.4 Å². The molecule has 0 aliphatic rings. The number of likely N-dealkylation sites (N-methyl/N-ethyl adjacent to an activating group) is 1. The van der Waals surface area contributed by atoms with Crippen molar-refractivity contribution in [1.29, 1.82) is 0 Å². The van der Waals surface area contributed by atoms with Gasteiger partial charge in [-0.1, -0.05) is 13.3 Å². The molecule has 0 atom stereocenters. The monoisotopic (exact) mass is 591 g/mol. The first-order valence-corrected chi connectivity index (χ1v) is 14.6. The first kappa shape index (κ1) is 28.9. The Hall–Kier alpha value is -5.16. The molecule has 224 valence electrons. The summed E-state index contributed by atoms with van der Waals surface area (Å²) in [7, 11) is 4.00. The first-order chi connectivity index (χ1) is 21.4. The molecule has 11 heteroatoms. The highest BCUT2D eigenvalue weighted by atomic mass is 19.1. The van der Waals surface area contributed by atoms with Crippen LogP contribution in [0.4, 0.5) is 15.8 Å². The van der Waals surface area contributed by atoms with Crippen molar-refractivity contribution in [2.45, 2.75) is 26.2 Å². The lowest BCUT2D eigenvalue weighted by Crippen LogP contribution is -2.20. The lowest BCUT2D eigenvalue weighted by molar-refractivity contribution is -0.116. The lowest BCUT2D eigenvalue weighted by atomic mass is 10.0. The van der Waals surface area contributed by atoms with Gasteiger partial charge in [0.15, 0.2) is 5.65 Å². The minimum Gasteiger partial charge on any atom is -0.384 e. The quantitative estimate of drug-likeness (QED) is 0.136. The molecule has 1 aromatic carbocycles. The van der Waals surface area contributed by atoms with Gasteiger partial charge >= 0.3 is 0 Å². The largest absolute Gasteiger partial charge is 0.384 e. The molecule has 5 aromatic heterocycles. The smallest absolute Gasteiger partial charge is 0.224 e. The summed E-state index contributed by atoms with van der Waals surface area (Å²) in [6.45, 7) is 3.58. The molecule has 4 N–H and O–H groups in total. The third-order valence-electron chi connectivity index (χ3n) is 7.43. The topological polar surface area (TPSA) is 128 Å². The Kier molecular flexibility index (Phi) is 8.29. The molecule has 6 aromatic rings. The van der Waals surface area contributed by atoms with Crippen molar-refractivity contribution in [3.63, 3.8) is 0 Å². The number of H-pyrrole nitrogens is 2. The minimum absolute atomic E-state index is 0.0285. The number of hydrogen-bond acceptors (Lipinski definition) is 7. The number of nitrogens with zero attached hydrogens (tertiary/aromatic N) is 5. The van der Waals surface area contributed by atoms with Gasteiger partial charge in [0.1, 0.15) is 5.82 Å². The number of aromatic amines is 2. The van der Waals surface area contributed by atoms with Gasteiger partial charge < -0.3 is 20.5 Å². The normalized spacial score (nSPS) is 11.5. The molecule has 0 radical (unpaired) electrons. The highest BCUT2D eigenvalue weighted by molar-refractivity contribution is 6.01. The first-order valence-electron chi connectivity index (χ1n) is 14.6. The molecule has 44 heavy (non-hydrogen) atoms. The van der Waals surface area contributed by atoms with Gasteiger partial charge in [0, 0.05) is 71.3 Å². The van der Waals surface area contributed by atoms with Crippen molar-refractivity contribution in [2.75, 3.05) is 37.8 Å². The highest BCUT2D eigenvalue weighted by Gasteiger charge is 2.16. The van der Waals surface area contributed by atoms with E-state index in [4.69, 9.17) is 0 Å². The molecular weight excluding hydrogens is 557 g/mol. The van der Waals surface area contributed by atoms with E-state index in [9.17, 15) is 9.18 Å². The van der Waals surface area contributed by atoms with Crippen molar-refractivity contribution < 1.29 is 9.18 Å². The zero-order chi connectivity index (χ0) is 30.6. The fourth-order valence-electron chi connectivity index (χ4n) is 5.18. The average Bonchev–Trinajstić information content (AvgIpc) is 3.63. The number of carbonyl (C=O) groups excluding carboxylic acids is 1. The molecule has 1 amide bonds. The van der Waals surface area contributed by atoms with Gasteiger partial charge in [-0.15, -0.1) is 0 Å². The average molecular weight is 592 g/mol. The maximum Gasteiger partial charge on any atom is 0.224 e. The number of unbranched alkanes of at least 4 members (excludes halogenated alkanes) is 1. The summed E-state index contributed by atoms with van der Waals surface area (Å²) >= 11 is 0. The Labute approximate surface area is 254 Å². The molecule has 10 nitrogen and oxygen atoms in total. The number of anilines is 2. The van der Waals surface area contributed by atoms with Gasteiger partial charge in [0.05, 0.1) is 35.0 Å². The van der Waals surface area contributed by atoms with Crippen LogP contribution >= 0.6 is 0 Å². The fourth-order valence-corrected chi connectivity index (χ4v) is 5.18. The Morgan fingerprint density at radius 2 is 1.73 bits per heavy atom. The molecule has 0 unspecified atom stereocenters. The number of rotatable bonds is 11. The Bertz CT molecular complexity index is 1950. The predicted octanol–water partition coefficient (Wildman–Crippen LogP) is 6.47. The molecule has 0 aliphatic carbocycles. The molecule has 6 rings (SSSR count). The molecule has 0 spiro atoms. The molecule has 0 saturated carbocycles. The summed E-state index contributed by atoms with van der Waals surface area (Å²) in [4.78, 5) is 31.1. The van der Waals surface area contributed by atoms with Crippen LogP contribution in [0.5, 0.6) is 0 Å². The second-order valence-corrected chi connectivity index (χ2v) is 11.1. The van der Waals surface area contributed by atoms with E-state index in [1.165, 1.54) is 12.1 Å². The van der Waals surface area contributed by atoms with Crippen molar-refractivity contribution >= 4 is 39.2 Å². The van der Waals surface area contributed by atoms with Crippen molar-refractivity contribution in [3.05, 3.63) is 73.2 Å². The number of amides is 1. The number of halogens is 1. The number of benzene rings is 1. The van der Waals surface area contributed by atoms with E-state index in [1.54, 1.807) is 31.0 Å². The van der Waals surface area contributed by atoms with E-state index in [0.717, 1.165) is 69.3 Å². The molecular formula is C33H34FN9O. The molecule has 0 fully saturated rings. The summed E-state index contributed by atoms with van der Waals surface area (Å²) in [5.41, 5.74) is 7.49. The molecule has 0 saturated heterocycles. The summed E-state index contributed by atoms with van der Waals surface area (Å²) in [5.74, 6) is -0.348. The van der Waals surface area contributed by atoms with Gasteiger partial charge in [-0.25, -0.2) is 9.37 Å². The van der Waals surface area contributed by atoms with Crippen LogP contribution in [0, 0.1) is 5.82 Å². The standard InChI is InChI=1S/C33H34FN9O/c1-4-5-6-31(44)39-25-11-21(15-35-17-25)22-12-27-32(41-42-33(27)38-16-22)29-14-26-28(18-36-19-30(26)40-29)20-9-23(34)13-24(10-20)37-7-8-43(2)3/h9-19,37,40H,4-8H2,1-3H3,(H,39,44)(H,38,41,42). The number of aromatic nitrogens is 6. The van der Waals surface area contributed by atoms with Crippen LogP contribution in [0.1, 0.15) is 26.2 Å². The van der Waals surface area contributed by atoms with Crippen LogP contribution in [0.25, 0.3) is 55.6 Å². The van der Waals surface area contributed by atoms with Gasteiger partial charge in [-0.2, -0.15) is 5.10 Å². The molecule has 0 bridgehead atoms. The lowest BCUT2D eigenvalue weighted by Gasteiger charge is -2.13. The van der Waals surface area contributed by atoms with Gasteiger partial charge in [0.25, 0.3) is 0 Å². The summed E-state index contributed by atoms with van der Waals surface area (Å²) in [6, 6.07) is 10.9. The van der Waals surface area contributed by atoms with E-state index >= 15 is 0 Å². The van der Waals surface area contributed by atoms with Crippen molar-refractivity contribution in [3.8, 4) is 33.6 Å². The number of carbonyl (C=O) groups is 1. The zero-order valence-corrected chi connectivity index (χ0v) is 24.9. The van der Waals surface area contributed by atoms with Crippen LogP contribution in [0.3, 0.4) is 0 Å². The van der Waals surface area contributed by atoms with Crippen LogP contribution in [0.2, 0.25) is 0 Å². The third kappa shape index (κ3) is 6.28. The minimum atomic E-state index is -0.320. The Morgan fingerprint density at radius 3 is 2.57 bits per heavy atom. The maximum absolute atomic E-state index is 14.7. The SMILES string of the molecule is CCCCC(=O)Nc1cncc(-c2cnc3n[nH]c(-c4cc5c(-c6cc(F)cc(NCCN(C)C)c6)cncc5[nH]4)c3c2)c1. The van der Waals surface area contributed by atoms with E-state index in [0.29, 0.717) is 30.0 Å². The second kappa shape index (κ2) is 12.6. The van der Waals surface area contributed by atoms with Crippen LogP contribution < -0.4 is 10.6 Å². The zero-order valence-electron chi connectivity index (χ0n) is 24.9. The van der Waals surface area contributed by atoms with Gasteiger partial charge in [-0.05, 0) is 62.5 Å². The maximum atomic E-state index is 14.7. The number of fused-ring (bicyclic) bond motifs is 2. The second-order valence-electron chi connectivity index (χ2n) is 11.1. The van der Waals surface area contributed by atoms with Crippen molar-refractivity contribution in [2.24, 2.45) is 0 Å². The van der Waals surface area contributed by atoms with E-state index in [-0.39, 0.29) is 11.7 Å². The van der Waals surface area contributed by atoms with E-state index in [2.05, 4.69) is 52.6 Å². The Balaban J connectivity index is 1.33. The van der Waals surface area contributed by atoms with Gasteiger partial charge in [-0.3, -0.25) is 19.9 Å². The van der Waals surface area contributed by atoms with Crippen molar-refractivity contribution in [1.82, 2.24) is 35.0 Å². The summed E-state index contributed by atoms with van der Waals surface area (Å²) < 4.78 is 14.7. The third-order valence-corrected chi connectivity index (χ3v) is 7.43. The van der Waals surface area contributed by atoms with E-state index < -0.39 is 0 Å². The number of nitrogens with one attached hydrogen (secondary N) is 4. The predicted molar refractivity (Wildman–Crippen MR) is 173 cm³/mol. The number of pyridine rings is 3. The molecule has 0 aliphatic heterocycles. The van der Waals surface area contributed by atoms with Gasteiger partial charge in [0.2, 0.25) is 5.91 Å². The van der Waals surface area contributed by atoms with E-state index in [1.807, 2.05) is 38.4 Å². The fraction of sp³-hybridized carbons (Fsp3) is 0.242. The summed E-state index contributed by atoms with van der Waals surface area (Å²) in [6.07, 6.45) is 10.9. The molecule has 5 heterocycles. The highest BCUT2D eigenvalue weighted by Crippen LogP contribution is 2.35. The number of hydrogen-bond donors (Lipinski definition) is 4. The van der Waals surface area contributed by atoms with Crippen LogP contribution in [-0.2, 0) is 4.79 Å².